The molecule has 3 aromatic rings. The first-order chi connectivity index (χ1) is 16.0. The fraction of sp³-hybridized carbons (Fsp3) is 0.292. The molecule has 1 fully saturated rings. The highest BCUT2D eigenvalue weighted by molar-refractivity contribution is 14.1. The van der Waals surface area contributed by atoms with Crippen molar-refractivity contribution in [2.24, 2.45) is 0 Å². The number of alkyl halides is 1. The van der Waals surface area contributed by atoms with Crippen LogP contribution in [0.15, 0.2) is 48.5 Å². The third-order valence-electron chi connectivity index (χ3n) is 5.57. The van der Waals surface area contributed by atoms with Gasteiger partial charge in [0.1, 0.15) is 0 Å². The summed E-state index contributed by atoms with van der Waals surface area (Å²) < 4.78 is 6.21. The van der Waals surface area contributed by atoms with Gasteiger partial charge in [-0.05, 0) is 30.7 Å². The molecule has 2 N–H and O–H groups in total. The van der Waals surface area contributed by atoms with Crippen molar-refractivity contribution in [2.45, 2.75) is 6.42 Å². The maximum absolute atomic E-state index is 13.1. The number of fused-ring (bicyclic) bond motifs is 1. The average Bonchev–Trinajstić information content (AvgIpc) is 2.83. The van der Waals surface area contributed by atoms with Crippen LogP contribution in [0.25, 0.3) is 22.2 Å². The van der Waals surface area contributed by atoms with Gasteiger partial charge in [-0.3, -0.25) is 4.79 Å². The number of nitrogens with two attached hydrogens (primary N) is 1. The quantitative estimate of drug-likeness (QED) is 0.202. The van der Waals surface area contributed by atoms with Crippen LogP contribution in [0.2, 0.25) is 5.02 Å². The zero-order valence-corrected chi connectivity index (χ0v) is 20.9. The predicted octanol–water partition coefficient (Wildman–Crippen LogP) is 4.86. The topological polar surface area (TPSA) is 88.8 Å². The van der Waals surface area contributed by atoms with Crippen molar-refractivity contribution < 1.29 is 14.3 Å². The first-order valence-electron chi connectivity index (χ1n) is 10.7. The van der Waals surface area contributed by atoms with Crippen LogP contribution in [0.3, 0.4) is 0 Å². The van der Waals surface area contributed by atoms with Crippen LogP contribution >= 0.6 is 34.2 Å². The molecule has 1 aliphatic rings. The largest absolute Gasteiger partial charge is 0.449 e. The van der Waals surface area contributed by atoms with E-state index in [9.17, 15) is 9.59 Å². The molecule has 172 valence electrons. The molecule has 1 saturated heterocycles. The summed E-state index contributed by atoms with van der Waals surface area (Å²) in [7, 11) is 0. The SMILES string of the molecule is Nc1ccccc1-c1cc(Cl)c2ccc(C(=O)N3CCN(C(=O)OCCCI)CC3)cc2n1. The first kappa shape index (κ1) is 23.6. The van der Waals surface area contributed by atoms with Crippen molar-refractivity contribution in [2.75, 3.05) is 42.9 Å². The number of nitrogens with zero attached hydrogens (tertiary/aromatic N) is 3. The number of aromatic nitrogens is 1. The van der Waals surface area contributed by atoms with Crippen LogP contribution in [-0.2, 0) is 4.74 Å². The minimum Gasteiger partial charge on any atom is -0.449 e. The lowest BCUT2D eigenvalue weighted by molar-refractivity contribution is 0.0561. The molecule has 0 unspecified atom stereocenters. The molecule has 1 aliphatic heterocycles. The molecule has 0 spiro atoms. The van der Waals surface area contributed by atoms with Gasteiger partial charge in [0, 0.05) is 52.8 Å². The summed E-state index contributed by atoms with van der Waals surface area (Å²) in [6.07, 6.45) is 0.521. The van der Waals surface area contributed by atoms with Crippen LogP contribution < -0.4 is 5.73 Å². The van der Waals surface area contributed by atoms with E-state index in [4.69, 9.17) is 27.1 Å². The van der Waals surface area contributed by atoms with Crippen LogP contribution in [0.1, 0.15) is 16.8 Å². The van der Waals surface area contributed by atoms with Crippen molar-refractivity contribution in [3.05, 3.63) is 59.1 Å². The third-order valence-corrected chi connectivity index (χ3v) is 6.65. The van der Waals surface area contributed by atoms with Gasteiger partial charge in [0.25, 0.3) is 5.91 Å². The van der Waals surface area contributed by atoms with Crippen molar-refractivity contribution >= 4 is 62.8 Å². The number of halogens is 2. The Hall–Kier alpha value is -2.59. The van der Waals surface area contributed by atoms with Gasteiger partial charge in [0.2, 0.25) is 0 Å². The summed E-state index contributed by atoms with van der Waals surface area (Å²) >= 11 is 8.76. The molecule has 0 atom stereocenters. The Kier molecular flexibility index (Phi) is 7.54. The second-order valence-corrected chi connectivity index (χ2v) is 9.23. The summed E-state index contributed by atoms with van der Waals surface area (Å²) in [5, 5.41) is 1.32. The molecule has 7 nitrogen and oxygen atoms in total. The maximum atomic E-state index is 13.1. The van der Waals surface area contributed by atoms with E-state index in [1.807, 2.05) is 30.3 Å². The normalized spacial score (nSPS) is 13.9. The van der Waals surface area contributed by atoms with Gasteiger partial charge in [-0.25, -0.2) is 9.78 Å². The van der Waals surface area contributed by atoms with Crippen molar-refractivity contribution in [3.8, 4) is 11.3 Å². The highest BCUT2D eigenvalue weighted by Gasteiger charge is 2.26. The standard InChI is InChI=1S/C24H24ClIN4O3/c25-19-15-22(18-4-1-2-5-20(18)27)28-21-14-16(6-7-17(19)21)23(31)29-9-11-30(12-10-29)24(32)33-13-3-8-26/h1-2,4-7,14-15H,3,8-13,27H2. The zero-order valence-electron chi connectivity index (χ0n) is 18.0. The number of benzene rings is 2. The van der Waals surface area contributed by atoms with E-state index in [-0.39, 0.29) is 12.0 Å². The van der Waals surface area contributed by atoms with E-state index >= 15 is 0 Å². The lowest BCUT2D eigenvalue weighted by Crippen LogP contribution is -2.50. The fourth-order valence-corrected chi connectivity index (χ4v) is 4.34. The Labute approximate surface area is 211 Å². The summed E-state index contributed by atoms with van der Waals surface area (Å²) in [5.74, 6) is -0.0996. The lowest BCUT2D eigenvalue weighted by Gasteiger charge is -2.34. The second kappa shape index (κ2) is 10.6. The molecule has 2 amide bonds. The lowest BCUT2D eigenvalue weighted by atomic mass is 10.1. The minimum absolute atomic E-state index is 0.0996. The Morgan fingerprint density at radius 2 is 1.79 bits per heavy atom. The van der Waals surface area contributed by atoms with E-state index < -0.39 is 0 Å². The number of carbonyl (C=O) groups excluding carboxylic acids is 2. The minimum atomic E-state index is -0.316. The monoisotopic (exact) mass is 578 g/mol. The number of amides is 2. The van der Waals surface area contributed by atoms with E-state index in [1.165, 1.54) is 0 Å². The Bertz CT molecular complexity index is 1180. The van der Waals surface area contributed by atoms with Crippen LogP contribution in [0.5, 0.6) is 0 Å². The predicted molar refractivity (Wildman–Crippen MR) is 139 cm³/mol. The fourth-order valence-electron chi connectivity index (χ4n) is 3.77. The van der Waals surface area contributed by atoms with Gasteiger partial charge in [-0.2, -0.15) is 0 Å². The number of hydrogen-bond acceptors (Lipinski definition) is 5. The van der Waals surface area contributed by atoms with E-state index in [2.05, 4.69) is 22.6 Å². The number of anilines is 1. The van der Waals surface area contributed by atoms with Crippen molar-refractivity contribution in [1.29, 1.82) is 0 Å². The molecular weight excluding hydrogens is 555 g/mol. The highest BCUT2D eigenvalue weighted by Crippen LogP contribution is 2.31. The number of piperazine rings is 1. The molecule has 0 saturated carbocycles. The average molecular weight is 579 g/mol. The molecule has 0 bridgehead atoms. The second-order valence-electron chi connectivity index (χ2n) is 7.74. The smallest absolute Gasteiger partial charge is 0.409 e. The zero-order chi connectivity index (χ0) is 23.4. The van der Waals surface area contributed by atoms with Gasteiger partial charge in [0.15, 0.2) is 0 Å². The Balaban J connectivity index is 1.50. The van der Waals surface area contributed by atoms with Gasteiger partial charge < -0.3 is 20.3 Å². The molecule has 1 aromatic heterocycles. The number of hydrogen-bond donors (Lipinski definition) is 1. The van der Waals surface area contributed by atoms with E-state index in [1.54, 1.807) is 28.0 Å². The first-order valence-corrected chi connectivity index (χ1v) is 12.6. The highest BCUT2D eigenvalue weighted by atomic mass is 127. The van der Waals surface area contributed by atoms with E-state index in [0.717, 1.165) is 21.8 Å². The molecule has 4 rings (SSSR count). The van der Waals surface area contributed by atoms with Crippen LogP contribution in [0, 0.1) is 0 Å². The number of para-hydroxylation sites is 1. The Morgan fingerprint density at radius 3 is 2.52 bits per heavy atom. The molecule has 2 heterocycles. The van der Waals surface area contributed by atoms with Crippen molar-refractivity contribution in [3.63, 3.8) is 0 Å². The van der Waals surface area contributed by atoms with Gasteiger partial charge in [-0.1, -0.05) is 58.5 Å². The van der Waals surface area contributed by atoms with Crippen LogP contribution in [0.4, 0.5) is 10.5 Å². The number of rotatable bonds is 5. The van der Waals surface area contributed by atoms with Gasteiger partial charge in [-0.15, -0.1) is 0 Å². The number of nitrogen functional groups attached to an aromatic ring is 1. The molecule has 0 radical (unpaired) electrons. The van der Waals surface area contributed by atoms with E-state index in [0.29, 0.717) is 60.3 Å². The Morgan fingerprint density at radius 1 is 1.06 bits per heavy atom. The molecular formula is C24H24ClIN4O3. The van der Waals surface area contributed by atoms with Crippen molar-refractivity contribution in [1.82, 2.24) is 14.8 Å². The van der Waals surface area contributed by atoms with Gasteiger partial charge in [0.05, 0.1) is 22.8 Å². The maximum Gasteiger partial charge on any atom is 0.409 e. The summed E-state index contributed by atoms with van der Waals surface area (Å²) in [5.41, 5.74) is 9.32. The summed E-state index contributed by atoms with van der Waals surface area (Å²) in [6, 6.07) is 14.6. The molecule has 2 aromatic carbocycles. The number of pyridine rings is 1. The third kappa shape index (κ3) is 5.33. The van der Waals surface area contributed by atoms with Crippen LogP contribution in [-0.4, -0.2) is 64.0 Å². The molecule has 33 heavy (non-hydrogen) atoms. The molecule has 0 aliphatic carbocycles. The van der Waals surface area contributed by atoms with Gasteiger partial charge >= 0.3 is 6.09 Å². The summed E-state index contributed by atoms with van der Waals surface area (Å²) in [4.78, 5) is 33.4. The number of ether oxygens (including phenoxy) is 1. The molecule has 9 heteroatoms. The number of carbonyl (C=O) groups is 2. The summed E-state index contributed by atoms with van der Waals surface area (Å²) in [6.45, 7) is 2.22.